The van der Waals surface area contributed by atoms with Crippen molar-refractivity contribution in [2.75, 3.05) is 18.7 Å². The summed E-state index contributed by atoms with van der Waals surface area (Å²) in [7, 11) is 1.62. The Hall–Kier alpha value is -0.410. The number of methoxy groups -OCH3 is 1. The molecule has 1 aromatic rings. The predicted octanol–water partition coefficient (Wildman–Crippen LogP) is 3.06. The van der Waals surface area contributed by atoms with Crippen molar-refractivity contribution < 1.29 is 4.74 Å². The maximum Gasteiger partial charge on any atom is 0.213 e. The van der Waals surface area contributed by atoms with Crippen molar-refractivity contribution in [2.45, 2.75) is 11.9 Å². The zero-order valence-corrected chi connectivity index (χ0v) is 9.94. The number of pyridine rings is 1. The molecule has 2 nitrogen and oxygen atoms in total. The molecule has 1 heterocycles. The lowest BCUT2D eigenvalue weighted by atomic mass is 10.3. The molecular formula is C10H14ClNOS. The SMILES string of the molecule is COc1cccc(SCC(C)CCl)n1. The quantitative estimate of drug-likeness (QED) is 0.575. The van der Waals surface area contributed by atoms with Gasteiger partial charge in [0.2, 0.25) is 5.88 Å². The summed E-state index contributed by atoms with van der Waals surface area (Å²) >= 11 is 7.43. The molecule has 1 aromatic heterocycles. The molecule has 0 amide bonds. The summed E-state index contributed by atoms with van der Waals surface area (Å²) in [6.45, 7) is 2.13. The fourth-order valence-electron chi connectivity index (χ4n) is 0.862. The van der Waals surface area contributed by atoms with Crippen molar-refractivity contribution in [1.82, 2.24) is 4.98 Å². The van der Waals surface area contributed by atoms with Crippen LogP contribution < -0.4 is 4.74 Å². The number of hydrogen-bond donors (Lipinski definition) is 0. The number of thioether (sulfide) groups is 1. The second kappa shape index (κ2) is 6.14. The van der Waals surface area contributed by atoms with Gasteiger partial charge in [-0.15, -0.1) is 23.4 Å². The van der Waals surface area contributed by atoms with Crippen molar-refractivity contribution in [3.8, 4) is 5.88 Å². The highest BCUT2D eigenvalue weighted by atomic mass is 35.5. The molecule has 14 heavy (non-hydrogen) atoms. The predicted molar refractivity (Wildman–Crippen MR) is 61.4 cm³/mol. The van der Waals surface area contributed by atoms with Crippen molar-refractivity contribution >= 4 is 23.4 Å². The van der Waals surface area contributed by atoms with E-state index >= 15 is 0 Å². The molecule has 1 atom stereocenters. The van der Waals surface area contributed by atoms with E-state index in [0.717, 1.165) is 10.8 Å². The molecule has 0 saturated carbocycles. The van der Waals surface area contributed by atoms with E-state index in [1.165, 1.54) is 0 Å². The normalized spacial score (nSPS) is 12.5. The smallest absolute Gasteiger partial charge is 0.213 e. The zero-order valence-electron chi connectivity index (χ0n) is 8.37. The first-order valence-corrected chi connectivity index (χ1v) is 5.98. The molecular weight excluding hydrogens is 218 g/mol. The van der Waals surface area contributed by atoms with E-state index in [-0.39, 0.29) is 0 Å². The molecule has 0 radical (unpaired) electrons. The van der Waals surface area contributed by atoms with Gasteiger partial charge >= 0.3 is 0 Å². The van der Waals surface area contributed by atoms with Crippen LogP contribution in [0.1, 0.15) is 6.92 Å². The van der Waals surface area contributed by atoms with Crippen molar-refractivity contribution in [1.29, 1.82) is 0 Å². The van der Waals surface area contributed by atoms with Gasteiger partial charge in [-0.3, -0.25) is 0 Å². The molecule has 0 fully saturated rings. The van der Waals surface area contributed by atoms with Gasteiger partial charge in [-0.25, -0.2) is 4.98 Å². The van der Waals surface area contributed by atoms with Crippen LogP contribution in [0.5, 0.6) is 5.88 Å². The maximum absolute atomic E-state index is 5.72. The lowest BCUT2D eigenvalue weighted by Crippen LogP contribution is -1.99. The Bertz CT molecular complexity index is 283. The van der Waals surface area contributed by atoms with E-state index in [1.807, 2.05) is 18.2 Å². The van der Waals surface area contributed by atoms with E-state index in [1.54, 1.807) is 18.9 Å². The number of halogens is 1. The minimum absolute atomic E-state index is 0.509. The van der Waals surface area contributed by atoms with E-state index in [9.17, 15) is 0 Å². The van der Waals surface area contributed by atoms with Crippen molar-refractivity contribution in [3.63, 3.8) is 0 Å². The number of alkyl halides is 1. The average Bonchev–Trinajstić information content (AvgIpc) is 2.26. The first kappa shape index (κ1) is 11.7. The minimum Gasteiger partial charge on any atom is -0.481 e. The number of aromatic nitrogens is 1. The third-order valence-corrected chi connectivity index (χ3v) is 3.47. The van der Waals surface area contributed by atoms with Gasteiger partial charge in [-0.2, -0.15) is 0 Å². The molecule has 1 unspecified atom stereocenters. The summed E-state index contributed by atoms with van der Waals surface area (Å²) in [5.74, 6) is 2.85. The molecule has 0 aliphatic heterocycles. The van der Waals surface area contributed by atoms with Crippen molar-refractivity contribution in [2.24, 2.45) is 5.92 Å². The Kier molecular flexibility index (Phi) is 5.12. The minimum atomic E-state index is 0.509. The summed E-state index contributed by atoms with van der Waals surface area (Å²) in [6, 6.07) is 5.77. The molecule has 1 rings (SSSR count). The summed E-state index contributed by atoms with van der Waals surface area (Å²) in [4.78, 5) is 4.30. The average molecular weight is 232 g/mol. The summed E-state index contributed by atoms with van der Waals surface area (Å²) in [6.07, 6.45) is 0. The third kappa shape index (κ3) is 3.76. The van der Waals surface area contributed by atoms with Gasteiger partial charge < -0.3 is 4.74 Å². The molecule has 0 aromatic carbocycles. The van der Waals surface area contributed by atoms with Crippen molar-refractivity contribution in [3.05, 3.63) is 18.2 Å². The molecule has 4 heteroatoms. The monoisotopic (exact) mass is 231 g/mol. The standard InChI is InChI=1S/C10H14ClNOS/c1-8(6-11)7-14-10-5-3-4-9(12-10)13-2/h3-5,8H,6-7H2,1-2H3. The van der Waals surface area contributed by atoms with Gasteiger partial charge in [0.05, 0.1) is 7.11 Å². The topological polar surface area (TPSA) is 22.1 Å². The van der Waals surface area contributed by atoms with Gasteiger partial charge in [0.15, 0.2) is 0 Å². The first-order chi connectivity index (χ1) is 6.76. The van der Waals surface area contributed by atoms with Crippen LogP contribution in [0.25, 0.3) is 0 Å². The van der Waals surface area contributed by atoms with E-state index in [4.69, 9.17) is 16.3 Å². The van der Waals surface area contributed by atoms with E-state index < -0.39 is 0 Å². The molecule has 78 valence electrons. The third-order valence-electron chi connectivity index (χ3n) is 1.69. The van der Waals surface area contributed by atoms with Crippen LogP contribution in [0.15, 0.2) is 23.2 Å². The number of ether oxygens (including phenoxy) is 1. The van der Waals surface area contributed by atoms with Crippen LogP contribution in [-0.4, -0.2) is 23.7 Å². The second-order valence-corrected chi connectivity index (χ2v) is 4.44. The highest BCUT2D eigenvalue weighted by molar-refractivity contribution is 7.99. The highest BCUT2D eigenvalue weighted by Crippen LogP contribution is 2.21. The number of nitrogens with zero attached hydrogens (tertiary/aromatic N) is 1. The second-order valence-electron chi connectivity index (χ2n) is 3.09. The molecule has 0 N–H and O–H groups in total. The van der Waals surface area contributed by atoms with Gasteiger partial charge in [-0.05, 0) is 12.0 Å². The van der Waals surface area contributed by atoms with Crippen LogP contribution >= 0.6 is 23.4 Å². The van der Waals surface area contributed by atoms with Gasteiger partial charge in [0.1, 0.15) is 5.03 Å². The Morgan fingerprint density at radius 1 is 1.57 bits per heavy atom. The first-order valence-electron chi connectivity index (χ1n) is 4.46. The Morgan fingerprint density at radius 3 is 3.00 bits per heavy atom. The van der Waals surface area contributed by atoms with E-state index in [2.05, 4.69) is 11.9 Å². The Balaban J connectivity index is 2.50. The lowest BCUT2D eigenvalue weighted by Gasteiger charge is -2.06. The van der Waals surface area contributed by atoms with Crippen LogP contribution in [0, 0.1) is 5.92 Å². The van der Waals surface area contributed by atoms with Crippen LogP contribution in [0.2, 0.25) is 0 Å². The molecule has 0 saturated heterocycles. The fraction of sp³-hybridized carbons (Fsp3) is 0.500. The van der Waals surface area contributed by atoms with E-state index in [0.29, 0.717) is 17.7 Å². The molecule has 0 bridgehead atoms. The summed E-state index contributed by atoms with van der Waals surface area (Å²) < 4.78 is 5.04. The van der Waals surface area contributed by atoms with Crippen LogP contribution in [0.3, 0.4) is 0 Å². The van der Waals surface area contributed by atoms with Gasteiger partial charge in [0.25, 0.3) is 0 Å². The number of hydrogen-bond acceptors (Lipinski definition) is 3. The van der Waals surface area contributed by atoms with Crippen LogP contribution in [0.4, 0.5) is 0 Å². The van der Waals surface area contributed by atoms with Gasteiger partial charge in [0, 0.05) is 17.7 Å². The molecule has 0 aliphatic carbocycles. The highest BCUT2D eigenvalue weighted by Gasteiger charge is 2.03. The summed E-state index contributed by atoms with van der Waals surface area (Å²) in [5.41, 5.74) is 0. The number of rotatable bonds is 5. The zero-order chi connectivity index (χ0) is 10.4. The fourth-order valence-corrected chi connectivity index (χ4v) is 2.00. The Morgan fingerprint density at radius 2 is 2.36 bits per heavy atom. The molecule has 0 spiro atoms. The maximum atomic E-state index is 5.72. The van der Waals surface area contributed by atoms with Crippen LogP contribution in [-0.2, 0) is 0 Å². The van der Waals surface area contributed by atoms with Gasteiger partial charge in [-0.1, -0.05) is 13.0 Å². The summed E-state index contributed by atoms with van der Waals surface area (Å²) in [5, 5.41) is 0.987. The molecule has 0 aliphatic rings. The largest absolute Gasteiger partial charge is 0.481 e. The lowest BCUT2D eigenvalue weighted by molar-refractivity contribution is 0.394. The Labute approximate surface area is 94.0 Å².